The summed E-state index contributed by atoms with van der Waals surface area (Å²) >= 11 is 0. The number of nitrogens with zero attached hydrogens (tertiary/aromatic N) is 1. The van der Waals surface area contributed by atoms with E-state index in [1.807, 2.05) is 0 Å². The van der Waals surface area contributed by atoms with Crippen LogP contribution in [-0.2, 0) is 24.3 Å². The van der Waals surface area contributed by atoms with Gasteiger partial charge in [-0.2, -0.15) is 0 Å². The minimum absolute atomic E-state index is 0. The maximum Gasteiger partial charge on any atom is 0.342 e. The summed E-state index contributed by atoms with van der Waals surface area (Å²) in [5.74, 6) is -2.27. The van der Waals surface area contributed by atoms with Gasteiger partial charge in [-0.1, -0.05) is 18.7 Å². The number of benzene rings is 1. The average Bonchev–Trinajstić information content (AvgIpc) is 2.29. The summed E-state index contributed by atoms with van der Waals surface area (Å²) in [4.78, 5) is 29.2. The fraction of sp³-hybridized carbons (Fsp3) is 0. The van der Waals surface area contributed by atoms with Crippen molar-refractivity contribution in [1.82, 2.24) is 0 Å². The van der Waals surface area contributed by atoms with Gasteiger partial charge in [0, 0.05) is 31.6 Å². The summed E-state index contributed by atoms with van der Waals surface area (Å²) < 4.78 is 0. The molecular formula is C10H9NO6Zn. The molecule has 0 heterocycles. The van der Waals surface area contributed by atoms with E-state index in [1.54, 1.807) is 0 Å². The summed E-state index contributed by atoms with van der Waals surface area (Å²) in [5.41, 5.74) is -0.674. The number of para-hydroxylation sites is 1. The molecule has 8 heteroatoms. The van der Waals surface area contributed by atoms with Crippen LogP contribution in [0.2, 0.25) is 0 Å². The van der Waals surface area contributed by atoms with Crippen LogP contribution in [0.1, 0.15) is 10.4 Å². The average molecular weight is 305 g/mol. The van der Waals surface area contributed by atoms with Crippen molar-refractivity contribution in [3.8, 4) is 0 Å². The van der Waals surface area contributed by atoms with Gasteiger partial charge in [-0.25, -0.2) is 9.59 Å². The molecule has 2 N–H and O–H groups in total. The van der Waals surface area contributed by atoms with Gasteiger partial charge in [0.05, 0.1) is 4.92 Å². The minimum atomic E-state index is -1.29. The molecule has 0 radical (unpaired) electrons. The fourth-order valence-corrected chi connectivity index (χ4v) is 0.814. The Labute approximate surface area is 115 Å². The molecule has 0 fully saturated rings. The molecule has 0 saturated heterocycles. The summed E-state index contributed by atoms with van der Waals surface area (Å²) in [5, 5.41) is 26.4. The molecule has 92 valence electrons. The fourth-order valence-electron chi connectivity index (χ4n) is 0.814. The summed E-state index contributed by atoms with van der Waals surface area (Å²) in [6.45, 7) is 2.96. The number of carboxylic acids is 2. The van der Waals surface area contributed by atoms with Crippen molar-refractivity contribution in [1.29, 1.82) is 0 Å². The van der Waals surface area contributed by atoms with Crippen LogP contribution in [0.5, 0.6) is 0 Å². The number of nitro benzene ring substituents is 1. The Bertz CT molecular complexity index is 426. The van der Waals surface area contributed by atoms with Gasteiger partial charge < -0.3 is 10.2 Å². The number of nitro groups is 1. The molecule has 1 aromatic rings. The molecule has 18 heavy (non-hydrogen) atoms. The number of hydrogen-bond acceptors (Lipinski definition) is 4. The summed E-state index contributed by atoms with van der Waals surface area (Å²) in [6.07, 6.45) is 0.833. The molecule has 0 spiro atoms. The van der Waals surface area contributed by atoms with Crippen LogP contribution in [0, 0.1) is 10.1 Å². The topological polar surface area (TPSA) is 118 Å². The Kier molecular flexibility index (Phi) is 9.15. The standard InChI is InChI=1S/C7H5NO4.C3H4O2.Zn/c9-7(10)5-3-1-2-4-6(5)8(11)12;1-2-3(4)5;/h1-4H,(H,9,10);2H,1H2,(H,4,5);. The zero-order chi connectivity index (χ0) is 13.4. The van der Waals surface area contributed by atoms with Gasteiger partial charge in [0.1, 0.15) is 5.56 Å². The van der Waals surface area contributed by atoms with Crippen molar-refractivity contribution in [2.45, 2.75) is 0 Å². The van der Waals surface area contributed by atoms with Crippen LogP contribution in [0.25, 0.3) is 0 Å². The second kappa shape index (κ2) is 9.01. The van der Waals surface area contributed by atoms with E-state index in [0.717, 1.165) is 12.1 Å². The van der Waals surface area contributed by atoms with Gasteiger partial charge in [0.25, 0.3) is 5.69 Å². The van der Waals surface area contributed by atoms with Gasteiger partial charge in [-0.3, -0.25) is 10.1 Å². The molecule has 0 amide bonds. The monoisotopic (exact) mass is 303 g/mol. The van der Waals surface area contributed by atoms with Crippen molar-refractivity contribution < 1.29 is 44.2 Å². The Morgan fingerprint density at radius 3 is 2.00 bits per heavy atom. The number of hydrogen-bond donors (Lipinski definition) is 2. The van der Waals surface area contributed by atoms with E-state index < -0.39 is 16.9 Å². The van der Waals surface area contributed by atoms with Crippen LogP contribution < -0.4 is 0 Å². The molecule has 0 atom stereocenters. The SMILES string of the molecule is C=CC(=O)O.O=C(O)c1ccccc1[N+](=O)[O-].[Zn]. The first kappa shape index (κ1) is 18.3. The molecule has 0 saturated carbocycles. The Hall–Kier alpha value is -2.08. The first-order valence-corrected chi connectivity index (χ1v) is 4.22. The molecule has 0 aromatic heterocycles. The van der Waals surface area contributed by atoms with Crippen molar-refractivity contribution in [3.63, 3.8) is 0 Å². The number of carbonyl (C=O) groups is 2. The predicted molar refractivity (Wildman–Crippen MR) is 57.9 cm³/mol. The Balaban J connectivity index is 0. The van der Waals surface area contributed by atoms with E-state index >= 15 is 0 Å². The number of carboxylic acid groups (broad SMARTS) is 2. The maximum absolute atomic E-state index is 10.4. The van der Waals surface area contributed by atoms with E-state index in [1.165, 1.54) is 18.2 Å². The summed E-state index contributed by atoms with van der Waals surface area (Å²) in [7, 11) is 0. The zero-order valence-corrected chi connectivity index (χ0v) is 12.2. The molecule has 0 aliphatic carbocycles. The van der Waals surface area contributed by atoms with Crippen LogP contribution in [0.4, 0.5) is 5.69 Å². The van der Waals surface area contributed by atoms with Crippen LogP contribution in [0.3, 0.4) is 0 Å². The van der Waals surface area contributed by atoms with E-state index in [4.69, 9.17) is 10.2 Å². The molecule has 1 aromatic carbocycles. The summed E-state index contributed by atoms with van der Waals surface area (Å²) in [6, 6.07) is 5.21. The molecule has 0 bridgehead atoms. The van der Waals surface area contributed by atoms with E-state index in [2.05, 4.69) is 6.58 Å². The maximum atomic E-state index is 10.4. The van der Waals surface area contributed by atoms with Gasteiger partial charge in [0.15, 0.2) is 0 Å². The largest absolute Gasteiger partial charge is 0.478 e. The predicted octanol–water partition coefficient (Wildman–Crippen LogP) is 1.55. The molecule has 7 nitrogen and oxygen atoms in total. The van der Waals surface area contributed by atoms with Crippen molar-refractivity contribution in [2.75, 3.05) is 0 Å². The van der Waals surface area contributed by atoms with E-state index in [-0.39, 0.29) is 30.7 Å². The molecule has 0 aliphatic heterocycles. The second-order valence-corrected chi connectivity index (χ2v) is 2.62. The van der Waals surface area contributed by atoms with Crippen LogP contribution in [-0.4, -0.2) is 27.1 Å². The van der Waals surface area contributed by atoms with Crippen molar-refractivity contribution >= 4 is 17.6 Å². The van der Waals surface area contributed by atoms with Gasteiger partial charge in [-0.15, -0.1) is 0 Å². The second-order valence-electron chi connectivity index (χ2n) is 2.62. The quantitative estimate of drug-likeness (QED) is 0.378. The normalized spacial score (nSPS) is 8.00. The van der Waals surface area contributed by atoms with E-state index in [9.17, 15) is 19.7 Å². The zero-order valence-electron chi connectivity index (χ0n) is 9.28. The van der Waals surface area contributed by atoms with Gasteiger partial charge >= 0.3 is 11.9 Å². The first-order valence-electron chi connectivity index (χ1n) is 4.22. The van der Waals surface area contributed by atoms with Gasteiger partial charge in [0.2, 0.25) is 0 Å². The number of rotatable bonds is 3. The third-order valence-corrected chi connectivity index (χ3v) is 1.51. The molecular weight excluding hydrogens is 296 g/mol. The Morgan fingerprint density at radius 2 is 1.72 bits per heavy atom. The van der Waals surface area contributed by atoms with Crippen LogP contribution >= 0.6 is 0 Å². The Morgan fingerprint density at radius 1 is 1.28 bits per heavy atom. The van der Waals surface area contributed by atoms with Crippen molar-refractivity contribution in [3.05, 3.63) is 52.6 Å². The third kappa shape index (κ3) is 6.49. The molecule has 0 aliphatic rings. The minimum Gasteiger partial charge on any atom is -0.478 e. The van der Waals surface area contributed by atoms with Gasteiger partial charge in [-0.05, 0) is 6.07 Å². The number of aliphatic carboxylic acids is 1. The third-order valence-electron chi connectivity index (χ3n) is 1.51. The molecule has 0 unspecified atom stereocenters. The smallest absolute Gasteiger partial charge is 0.342 e. The first-order chi connectivity index (χ1) is 7.90. The van der Waals surface area contributed by atoms with Crippen LogP contribution in [0.15, 0.2) is 36.9 Å². The van der Waals surface area contributed by atoms with Crippen molar-refractivity contribution in [2.24, 2.45) is 0 Å². The molecule has 1 rings (SSSR count). The number of aromatic carboxylic acids is 1. The van der Waals surface area contributed by atoms with E-state index in [0.29, 0.717) is 0 Å².